The van der Waals surface area contributed by atoms with Crippen molar-refractivity contribution in [3.8, 4) is 5.75 Å². The number of amides is 3. The molecule has 0 N–H and O–H groups in total. The van der Waals surface area contributed by atoms with Crippen LogP contribution in [0.5, 0.6) is 5.75 Å². The predicted molar refractivity (Wildman–Crippen MR) is 142 cm³/mol. The Morgan fingerprint density at radius 2 is 1.61 bits per heavy atom. The van der Waals surface area contributed by atoms with Gasteiger partial charge in [0.05, 0.1) is 6.54 Å². The van der Waals surface area contributed by atoms with Crippen molar-refractivity contribution in [2.75, 3.05) is 26.2 Å². The third kappa shape index (κ3) is 4.26. The molecule has 6 nitrogen and oxygen atoms in total. The van der Waals surface area contributed by atoms with E-state index < -0.39 is 5.54 Å². The fourth-order valence-corrected chi connectivity index (χ4v) is 5.69. The molecule has 0 aliphatic carbocycles. The van der Waals surface area contributed by atoms with Gasteiger partial charge in [0.25, 0.3) is 5.91 Å². The average Bonchev–Trinajstić information content (AvgIpc) is 3.10. The number of imide groups is 1. The molecule has 2 fully saturated rings. The number of ether oxygens (including phenoxy) is 1. The standard InChI is InChI=1S/C30H33N3O3/c1-3-20-36-27-15-8-6-11-25(27)21-31-18-16-30(17-19-31)28(34)32(29(35)33(30)4-2)22-24-13-9-12-23-10-5-7-14-26(23)24/h3,5-15H,1,4,16-22H2,2H3. The summed E-state index contributed by atoms with van der Waals surface area (Å²) in [6.45, 7) is 9.22. The molecule has 5 rings (SSSR count). The van der Waals surface area contributed by atoms with Crippen molar-refractivity contribution in [1.82, 2.24) is 14.7 Å². The van der Waals surface area contributed by atoms with Crippen LogP contribution in [0, 0.1) is 0 Å². The van der Waals surface area contributed by atoms with Crippen LogP contribution in [0.1, 0.15) is 30.9 Å². The zero-order valence-corrected chi connectivity index (χ0v) is 20.9. The lowest BCUT2D eigenvalue weighted by atomic mass is 9.85. The number of likely N-dealkylation sites (N-methyl/N-ethyl adjacent to an activating group) is 1. The van der Waals surface area contributed by atoms with Crippen LogP contribution in [-0.4, -0.2) is 58.4 Å². The van der Waals surface area contributed by atoms with Gasteiger partial charge in [0.1, 0.15) is 17.9 Å². The summed E-state index contributed by atoms with van der Waals surface area (Å²) in [5.74, 6) is 0.804. The Morgan fingerprint density at radius 3 is 2.39 bits per heavy atom. The van der Waals surface area contributed by atoms with Crippen LogP contribution in [0.2, 0.25) is 0 Å². The van der Waals surface area contributed by atoms with Crippen LogP contribution in [0.3, 0.4) is 0 Å². The third-order valence-electron chi connectivity index (χ3n) is 7.55. The molecule has 0 bridgehead atoms. The van der Waals surface area contributed by atoms with Crippen LogP contribution in [0.25, 0.3) is 10.8 Å². The molecule has 3 aromatic rings. The van der Waals surface area contributed by atoms with E-state index in [2.05, 4.69) is 35.7 Å². The molecule has 36 heavy (non-hydrogen) atoms. The number of para-hydroxylation sites is 1. The first-order valence-corrected chi connectivity index (χ1v) is 12.7. The van der Waals surface area contributed by atoms with Crippen LogP contribution in [0.15, 0.2) is 79.4 Å². The number of hydrogen-bond acceptors (Lipinski definition) is 4. The van der Waals surface area contributed by atoms with E-state index in [1.54, 1.807) is 11.0 Å². The Kier molecular flexibility index (Phi) is 6.79. The molecule has 0 aromatic heterocycles. The summed E-state index contributed by atoms with van der Waals surface area (Å²) < 4.78 is 5.83. The van der Waals surface area contributed by atoms with Crippen molar-refractivity contribution in [3.05, 3.63) is 90.5 Å². The van der Waals surface area contributed by atoms with Gasteiger partial charge in [-0.3, -0.25) is 14.6 Å². The highest BCUT2D eigenvalue weighted by atomic mass is 16.5. The lowest BCUT2D eigenvalue weighted by Gasteiger charge is -2.42. The predicted octanol–water partition coefficient (Wildman–Crippen LogP) is 5.22. The maximum Gasteiger partial charge on any atom is 0.327 e. The Balaban J connectivity index is 1.33. The Morgan fingerprint density at radius 1 is 0.917 bits per heavy atom. The largest absolute Gasteiger partial charge is 0.489 e. The third-order valence-corrected chi connectivity index (χ3v) is 7.55. The fourth-order valence-electron chi connectivity index (χ4n) is 5.69. The summed E-state index contributed by atoms with van der Waals surface area (Å²) in [7, 11) is 0. The second-order valence-electron chi connectivity index (χ2n) is 9.57. The number of carbonyl (C=O) groups excluding carboxylic acids is 2. The van der Waals surface area contributed by atoms with E-state index in [0.29, 0.717) is 32.5 Å². The maximum absolute atomic E-state index is 13.9. The average molecular weight is 484 g/mol. The summed E-state index contributed by atoms with van der Waals surface area (Å²) in [5.41, 5.74) is 1.36. The molecule has 2 saturated heterocycles. The van der Waals surface area contributed by atoms with E-state index in [4.69, 9.17) is 4.74 Å². The van der Waals surface area contributed by atoms with Crippen LogP contribution in [-0.2, 0) is 17.9 Å². The van der Waals surface area contributed by atoms with Crippen molar-refractivity contribution in [1.29, 1.82) is 0 Å². The van der Waals surface area contributed by atoms with Crippen molar-refractivity contribution >= 4 is 22.7 Å². The van der Waals surface area contributed by atoms with Crippen LogP contribution >= 0.6 is 0 Å². The highest BCUT2D eigenvalue weighted by molar-refractivity contribution is 6.07. The molecule has 0 atom stereocenters. The van der Waals surface area contributed by atoms with Crippen LogP contribution in [0.4, 0.5) is 4.79 Å². The van der Waals surface area contributed by atoms with Gasteiger partial charge in [-0.1, -0.05) is 73.3 Å². The van der Waals surface area contributed by atoms with Crippen LogP contribution < -0.4 is 4.74 Å². The van der Waals surface area contributed by atoms with Crippen molar-refractivity contribution < 1.29 is 14.3 Å². The molecular weight excluding hydrogens is 450 g/mol. The number of rotatable bonds is 8. The van der Waals surface area contributed by atoms with Gasteiger partial charge in [-0.2, -0.15) is 0 Å². The molecule has 0 unspecified atom stereocenters. The Hall–Kier alpha value is -3.64. The summed E-state index contributed by atoms with van der Waals surface area (Å²) in [4.78, 5) is 33.0. The maximum atomic E-state index is 13.9. The number of urea groups is 1. The molecule has 2 heterocycles. The number of carbonyl (C=O) groups is 2. The summed E-state index contributed by atoms with van der Waals surface area (Å²) in [5, 5.41) is 2.19. The van der Waals surface area contributed by atoms with Gasteiger partial charge in [0, 0.05) is 31.7 Å². The zero-order chi connectivity index (χ0) is 25.1. The normalized spacial score (nSPS) is 17.8. The number of nitrogens with zero attached hydrogens (tertiary/aromatic N) is 3. The molecule has 6 heteroatoms. The number of benzene rings is 3. The van der Waals surface area contributed by atoms with Gasteiger partial charge >= 0.3 is 6.03 Å². The first kappa shape index (κ1) is 24.1. The fraction of sp³-hybridized carbons (Fsp3) is 0.333. The lowest BCUT2D eigenvalue weighted by molar-refractivity contribution is -0.136. The minimum absolute atomic E-state index is 0.0587. The summed E-state index contributed by atoms with van der Waals surface area (Å²) in [6.07, 6.45) is 3.01. The minimum atomic E-state index is -0.758. The van der Waals surface area contributed by atoms with E-state index in [0.717, 1.165) is 47.3 Å². The van der Waals surface area contributed by atoms with Crippen molar-refractivity contribution in [2.24, 2.45) is 0 Å². The summed E-state index contributed by atoms with van der Waals surface area (Å²) >= 11 is 0. The first-order chi connectivity index (χ1) is 17.6. The van der Waals surface area contributed by atoms with Gasteiger partial charge in [-0.05, 0) is 42.2 Å². The Bertz CT molecular complexity index is 1270. The topological polar surface area (TPSA) is 53.1 Å². The SMILES string of the molecule is C=CCOc1ccccc1CN1CCC2(CC1)C(=O)N(Cc1cccc3ccccc13)C(=O)N2CC. The first-order valence-electron chi connectivity index (χ1n) is 12.7. The van der Waals surface area contributed by atoms with Gasteiger partial charge in [-0.15, -0.1) is 0 Å². The number of fused-ring (bicyclic) bond motifs is 1. The van der Waals surface area contributed by atoms with Gasteiger partial charge in [0.15, 0.2) is 0 Å². The second kappa shape index (κ2) is 10.2. The van der Waals surface area contributed by atoms with E-state index in [9.17, 15) is 9.59 Å². The molecule has 2 aliphatic heterocycles. The monoisotopic (exact) mass is 483 g/mol. The van der Waals surface area contributed by atoms with Crippen molar-refractivity contribution in [3.63, 3.8) is 0 Å². The van der Waals surface area contributed by atoms with Gasteiger partial charge < -0.3 is 9.64 Å². The number of hydrogen-bond donors (Lipinski definition) is 0. The lowest BCUT2D eigenvalue weighted by Crippen LogP contribution is -2.56. The number of piperidine rings is 1. The summed E-state index contributed by atoms with van der Waals surface area (Å²) in [6, 6.07) is 22.0. The molecule has 3 aromatic carbocycles. The smallest absolute Gasteiger partial charge is 0.327 e. The highest BCUT2D eigenvalue weighted by Crippen LogP contribution is 2.39. The molecule has 3 amide bonds. The van der Waals surface area contributed by atoms with E-state index in [-0.39, 0.29) is 11.9 Å². The molecule has 0 saturated carbocycles. The minimum Gasteiger partial charge on any atom is -0.489 e. The Labute approximate surface area is 212 Å². The van der Waals surface area contributed by atoms with E-state index >= 15 is 0 Å². The quantitative estimate of drug-likeness (QED) is 0.326. The molecule has 0 radical (unpaired) electrons. The highest BCUT2D eigenvalue weighted by Gasteiger charge is 2.57. The molecule has 1 spiro atoms. The molecule has 186 valence electrons. The van der Waals surface area contributed by atoms with E-state index in [1.807, 2.05) is 49.4 Å². The zero-order valence-electron chi connectivity index (χ0n) is 20.9. The van der Waals surface area contributed by atoms with Gasteiger partial charge in [-0.25, -0.2) is 4.79 Å². The van der Waals surface area contributed by atoms with E-state index in [1.165, 1.54) is 4.90 Å². The molecule has 2 aliphatic rings. The van der Waals surface area contributed by atoms with Gasteiger partial charge in [0.2, 0.25) is 0 Å². The second-order valence-corrected chi connectivity index (χ2v) is 9.57. The van der Waals surface area contributed by atoms with Crippen molar-refractivity contribution in [2.45, 2.75) is 38.4 Å². The molecular formula is C30H33N3O3. The number of likely N-dealkylation sites (tertiary alicyclic amines) is 1.